The molecular weight excluding hydrogens is 548 g/mol. The zero-order valence-electron chi connectivity index (χ0n) is 28.2. The van der Waals surface area contributed by atoms with Gasteiger partial charge in [-0.1, -0.05) is 25.3 Å². The van der Waals surface area contributed by atoms with E-state index in [4.69, 9.17) is 5.48 Å². The van der Waals surface area contributed by atoms with E-state index >= 15 is 0 Å². The van der Waals surface area contributed by atoms with Crippen LogP contribution < -0.4 is 10.6 Å². The molecule has 0 unspecified atom stereocenters. The summed E-state index contributed by atoms with van der Waals surface area (Å²) in [6.07, 6.45) is 3.88. The Hall–Kier alpha value is -5.25. The number of rotatable bonds is 11. The average Bonchev–Trinajstić information content (AvgIpc) is 3.67. The van der Waals surface area contributed by atoms with Gasteiger partial charge in [-0.3, -0.25) is 19.2 Å². The van der Waals surface area contributed by atoms with Crippen molar-refractivity contribution in [3.63, 3.8) is 0 Å². The number of carboxylic acid groups (broad SMARTS) is 2. The third-order valence-corrected chi connectivity index (χ3v) is 7.58. The molecule has 3 aliphatic rings. The number of allylic oxidation sites excluding steroid dienone is 5. The van der Waals surface area contributed by atoms with Crippen molar-refractivity contribution in [2.24, 2.45) is 4.99 Å². The summed E-state index contributed by atoms with van der Waals surface area (Å²) in [5, 5.41) is 24.2. The molecule has 0 saturated heterocycles. The minimum atomic E-state index is -1.05. The summed E-state index contributed by atoms with van der Waals surface area (Å²) in [6.45, 7) is 9.80. The first-order chi connectivity index (χ1) is 22.1. The molecule has 1 aromatic heterocycles. The van der Waals surface area contributed by atoms with Crippen LogP contribution in [0.4, 0.5) is 0 Å². The molecule has 0 saturated carbocycles. The zero-order valence-corrected chi connectivity index (χ0v) is 24.2. The van der Waals surface area contributed by atoms with Gasteiger partial charge in [0.1, 0.15) is 0 Å². The number of aliphatic carboxylic acids is 2. The number of amides is 2. The van der Waals surface area contributed by atoms with Crippen LogP contribution in [0.1, 0.15) is 68.0 Å². The number of aromatic amines is 1. The predicted octanol–water partition coefficient (Wildman–Crippen LogP) is 4.81. The molecule has 0 spiro atoms. The summed E-state index contributed by atoms with van der Waals surface area (Å²) < 4.78 is 32.7. The molecule has 0 fully saturated rings. The Bertz CT molecular complexity index is 1910. The topological polar surface area (TPSA) is 161 Å². The summed E-state index contributed by atoms with van der Waals surface area (Å²) >= 11 is 0. The van der Waals surface area contributed by atoms with Gasteiger partial charge in [0.15, 0.2) is 0 Å². The summed E-state index contributed by atoms with van der Waals surface area (Å²) in [4.78, 5) is 55.9. The Morgan fingerprint density at radius 2 is 1.56 bits per heavy atom. The van der Waals surface area contributed by atoms with E-state index in [9.17, 15) is 29.4 Å². The lowest BCUT2D eigenvalue weighted by Crippen LogP contribution is -2.16. The van der Waals surface area contributed by atoms with Crippen molar-refractivity contribution in [2.75, 3.05) is 0 Å². The molecule has 5 N–H and O–H groups in total. The number of hydrogen-bond acceptors (Lipinski definition) is 5. The zero-order chi connectivity index (χ0) is 34.9. The first-order valence-electron chi connectivity index (χ1n) is 15.5. The highest BCUT2D eigenvalue weighted by Crippen LogP contribution is 2.34. The summed E-state index contributed by atoms with van der Waals surface area (Å²) in [7, 11) is 0. The molecule has 0 aromatic carbocycles. The van der Waals surface area contributed by atoms with E-state index in [1.165, 1.54) is 6.08 Å². The van der Waals surface area contributed by atoms with E-state index in [-0.39, 0.29) is 66.4 Å². The van der Waals surface area contributed by atoms with Gasteiger partial charge in [0.25, 0.3) is 11.8 Å². The third-order valence-electron chi connectivity index (χ3n) is 7.58. The van der Waals surface area contributed by atoms with Crippen LogP contribution in [0.5, 0.6) is 0 Å². The number of H-pyrrole nitrogens is 1. The molecule has 1 aromatic rings. The molecule has 0 bridgehead atoms. The summed E-state index contributed by atoms with van der Waals surface area (Å²) in [5.41, 5.74) is 5.13. The molecule has 0 atom stereocenters. The van der Waals surface area contributed by atoms with Crippen LogP contribution in [0.3, 0.4) is 0 Å². The quantitative estimate of drug-likeness (QED) is 0.250. The maximum Gasteiger partial charge on any atom is 0.303 e. The normalized spacial score (nSPS) is 21.3. The van der Waals surface area contributed by atoms with Crippen molar-refractivity contribution in [1.29, 1.82) is 0 Å². The largest absolute Gasteiger partial charge is 0.481 e. The van der Waals surface area contributed by atoms with E-state index in [1.54, 1.807) is 33.8 Å². The number of carbonyl (C=O) groups excluding carboxylic acids is 2. The highest BCUT2D eigenvalue weighted by Gasteiger charge is 2.27. The number of aliphatic imine (C=N–C) groups is 1. The summed E-state index contributed by atoms with van der Waals surface area (Å²) in [5.74, 6) is -3.01. The van der Waals surface area contributed by atoms with Crippen molar-refractivity contribution >= 4 is 41.6 Å². The van der Waals surface area contributed by atoms with Crippen LogP contribution in [-0.4, -0.2) is 44.7 Å². The standard InChI is InChI=1S/C33H34N4O6/c1-7-20-19(6)32(42)37-27(20)14-25-18(5)23(10-12-31(40)41)29(35-25)15-28-22(9-11-30(38)39)17(4)24(34-28)13-26-16(3)21(8-2)33(43)36-26/h7-8,13-15,35H,1-2,9-12H2,3-6H3,(H,36,43)(H,37,42)(H,38,39)(H,40,41)/b26-13-,27-14-,28-15-/i2D2,13D,14D. The SMILES string of the molecule is [2H]C([2H])=CC1=C(C)/C(=C(\[2H])C2=N/C(=C\c3[nH]c(/C([2H])=C4\NC(=O)C(C)=C4C=C)c(C)c3CCC(=O)O)C(CCC(=O)O)=C2C)NC1=O. The lowest BCUT2D eigenvalue weighted by atomic mass is 9.98. The molecule has 43 heavy (non-hydrogen) atoms. The maximum absolute atomic E-state index is 12.6. The smallest absolute Gasteiger partial charge is 0.303 e. The second kappa shape index (κ2) is 12.3. The van der Waals surface area contributed by atoms with Gasteiger partial charge in [-0.25, -0.2) is 4.99 Å². The number of hydrogen-bond donors (Lipinski definition) is 5. The number of nitrogens with one attached hydrogen (secondary N) is 3. The van der Waals surface area contributed by atoms with Gasteiger partial charge < -0.3 is 25.8 Å². The van der Waals surface area contributed by atoms with Gasteiger partial charge in [0.05, 0.1) is 22.6 Å². The van der Waals surface area contributed by atoms with E-state index in [1.807, 2.05) is 0 Å². The molecule has 10 nitrogen and oxygen atoms in total. The highest BCUT2D eigenvalue weighted by molar-refractivity contribution is 6.14. The van der Waals surface area contributed by atoms with Crippen LogP contribution in [0, 0.1) is 6.92 Å². The molecule has 0 radical (unpaired) electrons. The molecule has 10 heteroatoms. The monoisotopic (exact) mass is 586 g/mol. The molecule has 2 amide bonds. The Labute approximate surface area is 255 Å². The van der Waals surface area contributed by atoms with Crippen molar-refractivity contribution < 1.29 is 34.9 Å². The minimum Gasteiger partial charge on any atom is -0.481 e. The maximum atomic E-state index is 12.6. The van der Waals surface area contributed by atoms with Gasteiger partial charge in [-0.05, 0) is 86.6 Å². The van der Waals surface area contributed by atoms with Gasteiger partial charge >= 0.3 is 11.9 Å². The van der Waals surface area contributed by atoms with Crippen molar-refractivity contribution in [3.8, 4) is 0 Å². The minimum absolute atomic E-state index is 0.0388. The molecule has 4 rings (SSSR count). The molecular formula is C33H34N4O6. The Morgan fingerprint density at radius 3 is 2.21 bits per heavy atom. The fourth-order valence-electron chi connectivity index (χ4n) is 5.05. The van der Waals surface area contributed by atoms with Crippen molar-refractivity contribution in [2.45, 2.75) is 53.4 Å². The number of carboxylic acids is 2. The van der Waals surface area contributed by atoms with Crippen LogP contribution >= 0.6 is 0 Å². The van der Waals surface area contributed by atoms with Gasteiger partial charge in [-0.2, -0.15) is 0 Å². The van der Waals surface area contributed by atoms with E-state index in [0.717, 1.165) is 6.08 Å². The molecule has 4 heterocycles. The first-order valence-corrected chi connectivity index (χ1v) is 13.5. The Balaban J connectivity index is 1.92. The lowest BCUT2D eigenvalue weighted by Gasteiger charge is -2.06. The van der Waals surface area contributed by atoms with E-state index in [2.05, 4.69) is 27.2 Å². The number of nitrogens with zero attached hydrogens (tertiary/aromatic N) is 1. The third kappa shape index (κ3) is 6.18. The van der Waals surface area contributed by atoms with Gasteiger partial charge in [-0.15, -0.1) is 0 Å². The van der Waals surface area contributed by atoms with Gasteiger partial charge in [0, 0.05) is 46.6 Å². The van der Waals surface area contributed by atoms with E-state index in [0.29, 0.717) is 56.1 Å². The Kier molecular flexibility index (Phi) is 7.29. The van der Waals surface area contributed by atoms with Crippen LogP contribution in [-0.2, 0) is 25.6 Å². The van der Waals surface area contributed by atoms with Crippen molar-refractivity contribution in [3.05, 3.63) is 104 Å². The van der Waals surface area contributed by atoms with Gasteiger partial charge in [0.2, 0.25) is 0 Å². The summed E-state index contributed by atoms with van der Waals surface area (Å²) in [6, 6.07) is -0.184. The molecule has 222 valence electrons. The second-order valence-electron chi connectivity index (χ2n) is 10.2. The Morgan fingerprint density at radius 1 is 0.884 bits per heavy atom. The number of aromatic nitrogens is 1. The van der Waals surface area contributed by atoms with Crippen LogP contribution in [0.2, 0.25) is 0 Å². The average molecular weight is 587 g/mol. The van der Waals surface area contributed by atoms with E-state index < -0.39 is 24.4 Å². The highest BCUT2D eigenvalue weighted by atomic mass is 16.4. The lowest BCUT2D eigenvalue weighted by molar-refractivity contribution is -0.138. The molecule has 3 aliphatic heterocycles. The predicted molar refractivity (Wildman–Crippen MR) is 165 cm³/mol. The van der Waals surface area contributed by atoms with Crippen LogP contribution in [0.15, 0.2) is 86.8 Å². The fourth-order valence-corrected chi connectivity index (χ4v) is 5.05. The number of carbonyl (C=O) groups is 4. The molecule has 0 aliphatic carbocycles. The van der Waals surface area contributed by atoms with Crippen LogP contribution in [0.25, 0.3) is 12.1 Å². The van der Waals surface area contributed by atoms with Crippen molar-refractivity contribution in [1.82, 2.24) is 15.6 Å². The second-order valence-corrected chi connectivity index (χ2v) is 10.2. The fraction of sp³-hybridized carbons (Fsp3) is 0.242. The first kappa shape index (κ1) is 25.5.